The summed E-state index contributed by atoms with van der Waals surface area (Å²) in [6, 6.07) is 6.53. The fraction of sp³-hybridized carbons (Fsp3) is 0.455. The molecule has 0 amide bonds. The van der Waals surface area contributed by atoms with Gasteiger partial charge < -0.3 is 15.8 Å². The summed E-state index contributed by atoms with van der Waals surface area (Å²) in [7, 11) is -1.98. The Morgan fingerprint density at radius 3 is 2.44 bits per heavy atom. The highest BCUT2D eigenvalue weighted by molar-refractivity contribution is 7.89. The molecular weight excluding hydrogens is 254 g/mol. The predicted octanol–water partition coefficient (Wildman–Crippen LogP) is -0.0181. The number of ether oxygens (including phenoxy) is 1. The van der Waals surface area contributed by atoms with E-state index in [1.165, 1.54) is 7.05 Å². The van der Waals surface area contributed by atoms with Gasteiger partial charge in [-0.25, -0.2) is 13.1 Å². The summed E-state index contributed by atoms with van der Waals surface area (Å²) in [6.45, 7) is 2.27. The van der Waals surface area contributed by atoms with E-state index in [2.05, 4.69) is 10.0 Å². The average Bonchev–Trinajstić information content (AvgIpc) is 2.39. The molecule has 0 aliphatic rings. The molecule has 4 N–H and O–H groups in total. The van der Waals surface area contributed by atoms with Crippen LogP contribution in [0.2, 0.25) is 0 Å². The lowest BCUT2D eigenvalue weighted by Gasteiger charge is -2.08. The third kappa shape index (κ3) is 4.61. The van der Waals surface area contributed by atoms with Gasteiger partial charge in [0.25, 0.3) is 0 Å². The summed E-state index contributed by atoms with van der Waals surface area (Å²) in [5, 5.41) is 3.12. The molecule has 0 aliphatic heterocycles. The maximum atomic E-state index is 11.5. The van der Waals surface area contributed by atoms with Gasteiger partial charge in [-0.2, -0.15) is 0 Å². The minimum atomic E-state index is -3.36. The Morgan fingerprint density at radius 2 is 1.89 bits per heavy atom. The van der Waals surface area contributed by atoms with Gasteiger partial charge in [-0.3, -0.25) is 0 Å². The highest BCUT2D eigenvalue weighted by Crippen LogP contribution is 2.13. The first-order valence-corrected chi connectivity index (χ1v) is 7.14. The first-order valence-electron chi connectivity index (χ1n) is 5.65. The van der Waals surface area contributed by atoms with Crippen molar-refractivity contribution in [2.45, 2.75) is 4.90 Å². The summed E-state index contributed by atoms with van der Waals surface area (Å²) in [6.07, 6.45) is 0. The second-order valence-corrected chi connectivity index (χ2v) is 5.45. The molecule has 1 aromatic carbocycles. The van der Waals surface area contributed by atoms with Crippen LogP contribution in [0.4, 0.5) is 5.69 Å². The van der Waals surface area contributed by atoms with E-state index in [1.54, 1.807) is 24.3 Å². The number of hydrogen-bond donors (Lipinski definition) is 3. The van der Waals surface area contributed by atoms with Crippen LogP contribution in [0.3, 0.4) is 0 Å². The fourth-order valence-electron chi connectivity index (χ4n) is 1.32. The lowest BCUT2D eigenvalue weighted by atomic mass is 10.3. The maximum absolute atomic E-state index is 11.5. The molecular formula is C11H19N3O3S. The van der Waals surface area contributed by atoms with E-state index in [1.807, 2.05) is 0 Å². The Kier molecular flexibility index (Phi) is 6.06. The first-order chi connectivity index (χ1) is 8.60. The number of anilines is 1. The van der Waals surface area contributed by atoms with Gasteiger partial charge >= 0.3 is 0 Å². The Bertz CT molecular complexity index is 445. The molecule has 0 bridgehead atoms. The predicted molar refractivity (Wildman–Crippen MR) is 71.1 cm³/mol. The molecule has 0 radical (unpaired) electrons. The number of nitrogens with one attached hydrogen (secondary N) is 2. The van der Waals surface area contributed by atoms with E-state index < -0.39 is 10.0 Å². The Morgan fingerprint density at radius 1 is 1.22 bits per heavy atom. The van der Waals surface area contributed by atoms with Gasteiger partial charge in [0.15, 0.2) is 0 Å². The smallest absolute Gasteiger partial charge is 0.240 e. The van der Waals surface area contributed by atoms with Crippen LogP contribution in [0.5, 0.6) is 0 Å². The average molecular weight is 273 g/mol. The lowest BCUT2D eigenvalue weighted by Crippen LogP contribution is -2.18. The molecule has 0 spiro atoms. The van der Waals surface area contributed by atoms with E-state index in [0.717, 1.165) is 5.69 Å². The molecule has 1 rings (SSSR count). The normalized spacial score (nSPS) is 11.4. The third-order valence-electron chi connectivity index (χ3n) is 2.27. The molecule has 0 aromatic heterocycles. The van der Waals surface area contributed by atoms with Crippen molar-refractivity contribution in [3.05, 3.63) is 24.3 Å². The third-order valence-corrected chi connectivity index (χ3v) is 3.70. The summed E-state index contributed by atoms with van der Waals surface area (Å²) in [5.74, 6) is 0. The van der Waals surface area contributed by atoms with Crippen molar-refractivity contribution < 1.29 is 13.2 Å². The molecule has 18 heavy (non-hydrogen) atoms. The summed E-state index contributed by atoms with van der Waals surface area (Å²) >= 11 is 0. The van der Waals surface area contributed by atoms with Crippen LogP contribution in [0.15, 0.2) is 29.2 Å². The van der Waals surface area contributed by atoms with Crippen molar-refractivity contribution in [1.29, 1.82) is 0 Å². The van der Waals surface area contributed by atoms with E-state index in [4.69, 9.17) is 10.5 Å². The van der Waals surface area contributed by atoms with Crippen molar-refractivity contribution >= 4 is 15.7 Å². The zero-order valence-corrected chi connectivity index (χ0v) is 11.2. The van der Waals surface area contributed by atoms with Crippen LogP contribution in [0, 0.1) is 0 Å². The number of hydrogen-bond acceptors (Lipinski definition) is 5. The molecule has 0 heterocycles. The van der Waals surface area contributed by atoms with Gasteiger partial charge in [-0.05, 0) is 31.3 Å². The standard InChI is InChI=1S/C11H19N3O3S/c1-13-18(15,16)11-4-2-10(3-5-11)14-7-9-17-8-6-12/h2-5,13-14H,6-9,12H2,1H3. The molecule has 0 unspecified atom stereocenters. The Balaban J connectivity index is 2.46. The van der Waals surface area contributed by atoms with Gasteiger partial charge in [0, 0.05) is 18.8 Å². The van der Waals surface area contributed by atoms with E-state index in [9.17, 15) is 8.42 Å². The first kappa shape index (κ1) is 14.9. The molecule has 7 heteroatoms. The fourth-order valence-corrected chi connectivity index (χ4v) is 2.05. The van der Waals surface area contributed by atoms with Crippen LogP contribution in [0.25, 0.3) is 0 Å². The van der Waals surface area contributed by atoms with Crippen LogP contribution in [-0.2, 0) is 14.8 Å². The molecule has 102 valence electrons. The Labute approximate surface area is 108 Å². The lowest BCUT2D eigenvalue weighted by molar-refractivity contribution is 0.151. The zero-order chi connectivity index (χ0) is 13.4. The van der Waals surface area contributed by atoms with Gasteiger partial charge in [-0.15, -0.1) is 0 Å². The summed E-state index contributed by atoms with van der Waals surface area (Å²) in [5.41, 5.74) is 6.13. The van der Waals surface area contributed by atoms with Crippen LogP contribution in [-0.4, -0.2) is 41.8 Å². The van der Waals surface area contributed by atoms with E-state index in [-0.39, 0.29) is 4.90 Å². The SMILES string of the molecule is CNS(=O)(=O)c1ccc(NCCOCCN)cc1. The highest BCUT2D eigenvalue weighted by atomic mass is 32.2. The quantitative estimate of drug-likeness (QED) is 0.579. The van der Waals surface area contributed by atoms with Gasteiger partial charge in [0.05, 0.1) is 18.1 Å². The molecule has 0 fully saturated rings. The molecule has 0 aliphatic carbocycles. The molecule has 0 atom stereocenters. The van der Waals surface area contributed by atoms with Crippen molar-refractivity contribution in [2.75, 3.05) is 38.7 Å². The van der Waals surface area contributed by atoms with Crippen molar-refractivity contribution in [3.8, 4) is 0 Å². The van der Waals surface area contributed by atoms with Crippen molar-refractivity contribution in [2.24, 2.45) is 5.73 Å². The second-order valence-electron chi connectivity index (χ2n) is 3.56. The minimum absolute atomic E-state index is 0.245. The van der Waals surface area contributed by atoms with Gasteiger partial charge in [0.2, 0.25) is 10.0 Å². The van der Waals surface area contributed by atoms with E-state index in [0.29, 0.717) is 26.3 Å². The number of nitrogens with two attached hydrogens (primary N) is 1. The largest absolute Gasteiger partial charge is 0.383 e. The van der Waals surface area contributed by atoms with Crippen LogP contribution in [0.1, 0.15) is 0 Å². The zero-order valence-electron chi connectivity index (χ0n) is 10.3. The molecule has 6 nitrogen and oxygen atoms in total. The topological polar surface area (TPSA) is 93.5 Å². The Hall–Kier alpha value is -1.15. The van der Waals surface area contributed by atoms with Gasteiger partial charge in [-0.1, -0.05) is 0 Å². The van der Waals surface area contributed by atoms with Crippen LogP contribution < -0.4 is 15.8 Å². The monoisotopic (exact) mass is 273 g/mol. The minimum Gasteiger partial charge on any atom is -0.383 e. The highest BCUT2D eigenvalue weighted by Gasteiger charge is 2.09. The van der Waals surface area contributed by atoms with Crippen molar-refractivity contribution in [1.82, 2.24) is 4.72 Å². The number of benzene rings is 1. The number of sulfonamides is 1. The second kappa shape index (κ2) is 7.32. The van der Waals surface area contributed by atoms with Gasteiger partial charge in [0.1, 0.15) is 0 Å². The van der Waals surface area contributed by atoms with Crippen LogP contribution >= 0.6 is 0 Å². The summed E-state index contributed by atoms with van der Waals surface area (Å²) in [4.78, 5) is 0.245. The maximum Gasteiger partial charge on any atom is 0.240 e. The summed E-state index contributed by atoms with van der Waals surface area (Å²) < 4.78 is 30.4. The van der Waals surface area contributed by atoms with E-state index >= 15 is 0 Å². The molecule has 0 saturated heterocycles. The number of rotatable bonds is 8. The van der Waals surface area contributed by atoms with Crippen molar-refractivity contribution in [3.63, 3.8) is 0 Å². The molecule has 0 saturated carbocycles. The molecule has 1 aromatic rings.